The van der Waals surface area contributed by atoms with E-state index in [0.717, 1.165) is 26.1 Å². The molecule has 0 bridgehead atoms. The smallest absolute Gasteiger partial charge is 0.407 e. The van der Waals surface area contributed by atoms with Gasteiger partial charge in [-0.2, -0.15) is 0 Å². The molecule has 0 saturated carbocycles. The van der Waals surface area contributed by atoms with Crippen LogP contribution in [0.4, 0.5) is 4.79 Å². The molecule has 1 fully saturated rings. The Kier molecular flexibility index (Phi) is 4.59. The fourth-order valence-electron chi connectivity index (χ4n) is 1.90. The SMILES string of the molecule is C[C@@H]1CNCCC1CNC(=O)OC(C)(C)C. The Morgan fingerprint density at radius 3 is 2.75 bits per heavy atom. The van der Waals surface area contributed by atoms with Gasteiger partial charge in [0.2, 0.25) is 0 Å². The van der Waals surface area contributed by atoms with Crippen LogP contribution in [-0.2, 0) is 4.74 Å². The Hall–Kier alpha value is -0.770. The summed E-state index contributed by atoms with van der Waals surface area (Å²) in [6.07, 6.45) is 0.815. The van der Waals surface area contributed by atoms with Gasteiger partial charge in [0.25, 0.3) is 0 Å². The minimum atomic E-state index is -0.413. The molecule has 4 heteroatoms. The normalized spacial score (nSPS) is 26.2. The van der Waals surface area contributed by atoms with Crippen molar-refractivity contribution < 1.29 is 9.53 Å². The van der Waals surface area contributed by atoms with E-state index in [2.05, 4.69) is 17.6 Å². The van der Waals surface area contributed by atoms with Gasteiger partial charge in [-0.1, -0.05) is 6.92 Å². The van der Waals surface area contributed by atoms with Gasteiger partial charge in [0.1, 0.15) is 5.60 Å². The topological polar surface area (TPSA) is 50.4 Å². The van der Waals surface area contributed by atoms with Gasteiger partial charge in [0, 0.05) is 6.54 Å². The number of hydrogen-bond acceptors (Lipinski definition) is 3. The second-order valence-electron chi connectivity index (χ2n) is 5.61. The molecule has 94 valence electrons. The lowest BCUT2D eigenvalue weighted by Gasteiger charge is -2.30. The minimum Gasteiger partial charge on any atom is -0.444 e. The van der Waals surface area contributed by atoms with E-state index in [9.17, 15) is 4.79 Å². The molecule has 1 aliphatic rings. The summed E-state index contributed by atoms with van der Waals surface area (Å²) in [5.74, 6) is 1.18. The summed E-state index contributed by atoms with van der Waals surface area (Å²) in [6, 6.07) is 0. The molecule has 1 unspecified atom stereocenters. The van der Waals surface area contributed by atoms with Crippen LogP contribution in [0.15, 0.2) is 0 Å². The van der Waals surface area contributed by atoms with E-state index in [0.29, 0.717) is 11.8 Å². The largest absolute Gasteiger partial charge is 0.444 e. The summed E-state index contributed by atoms with van der Waals surface area (Å²) in [6.45, 7) is 10.6. The third kappa shape index (κ3) is 4.84. The van der Waals surface area contributed by atoms with Gasteiger partial charge in [-0.05, 0) is 52.1 Å². The molecule has 1 aliphatic heterocycles. The number of rotatable bonds is 2. The van der Waals surface area contributed by atoms with E-state index in [1.54, 1.807) is 0 Å². The van der Waals surface area contributed by atoms with E-state index in [4.69, 9.17) is 4.74 Å². The van der Waals surface area contributed by atoms with Crippen molar-refractivity contribution >= 4 is 6.09 Å². The highest BCUT2D eigenvalue weighted by atomic mass is 16.6. The quantitative estimate of drug-likeness (QED) is 0.757. The molecule has 0 aromatic carbocycles. The summed E-state index contributed by atoms with van der Waals surface area (Å²) in [5.41, 5.74) is -0.413. The predicted molar refractivity (Wildman–Crippen MR) is 64.4 cm³/mol. The van der Waals surface area contributed by atoms with Crippen LogP contribution in [0.25, 0.3) is 0 Å². The van der Waals surface area contributed by atoms with Crippen LogP contribution >= 0.6 is 0 Å². The Morgan fingerprint density at radius 2 is 2.19 bits per heavy atom. The molecular formula is C12H24N2O2. The molecule has 0 radical (unpaired) electrons. The molecule has 16 heavy (non-hydrogen) atoms. The van der Waals surface area contributed by atoms with Crippen molar-refractivity contribution in [1.82, 2.24) is 10.6 Å². The molecule has 0 aliphatic carbocycles. The second kappa shape index (κ2) is 5.53. The molecule has 0 aromatic rings. The summed E-state index contributed by atoms with van der Waals surface area (Å²) >= 11 is 0. The molecule has 1 heterocycles. The van der Waals surface area contributed by atoms with Gasteiger partial charge in [-0.15, -0.1) is 0 Å². The molecule has 1 amide bonds. The summed E-state index contributed by atoms with van der Waals surface area (Å²) in [7, 11) is 0. The maximum atomic E-state index is 11.5. The van der Waals surface area contributed by atoms with Crippen LogP contribution < -0.4 is 10.6 Å². The van der Waals surface area contributed by atoms with E-state index in [1.165, 1.54) is 0 Å². The first-order valence-corrected chi connectivity index (χ1v) is 6.06. The van der Waals surface area contributed by atoms with Crippen LogP contribution in [0.3, 0.4) is 0 Å². The lowest BCUT2D eigenvalue weighted by atomic mass is 9.88. The fraction of sp³-hybridized carbons (Fsp3) is 0.917. The van der Waals surface area contributed by atoms with Crippen molar-refractivity contribution in [2.75, 3.05) is 19.6 Å². The van der Waals surface area contributed by atoms with Gasteiger partial charge in [-0.3, -0.25) is 0 Å². The highest BCUT2D eigenvalue weighted by molar-refractivity contribution is 5.67. The van der Waals surface area contributed by atoms with Crippen molar-refractivity contribution in [3.8, 4) is 0 Å². The molecule has 1 rings (SSSR count). The number of nitrogens with one attached hydrogen (secondary N) is 2. The van der Waals surface area contributed by atoms with E-state index in [1.807, 2.05) is 20.8 Å². The summed E-state index contributed by atoms with van der Waals surface area (Å²) < 4.78 is 5.20. The molecule has 4 nitrogen and oxygen atoms in total. The van der Waals surface area contributed by atoms with Crippen molar-refractivity contribution in [3.05, 3.63) is 0 Å². The van der Waals surface area contributed by atoms with Crippen LogP contribution in [0.2, 0.25) is 0 Å². The van der Waals surface area contributed by atoms with Crippen LogP contribution in [0, 0.1) is 11.8 Å². The number of ether oxygens (including phenoxy) is 1. The maximum Gasteiger partial charge on any atom is 0.407 e. The Morgan fingerprint density at radius 1 is 1.50 bits per heavy atom. The van der Waals surface area contributed by atoms with Gasteiger partial charge >= 0.3 is 6.09 Å². The van der Waals surface area contributed by atoms with Gasteiger partial charge < -0.3 is 15.4 Å². The molecule has 2 N–H and O–H groups in total. The Balaban J connectivity index is 2.25. The predicted octanol–water partition coefficient (Wildman–Crippen LogP) is 1.76. The van der Waals surface area contributed by atoms with Crippen LogP contribution in [0.1, 0.15) is 34.1 Å². The summed E-state index contributed by atoms with van der Waals surface area (Å²) in [5, 5.41) is 6.20. The maximum absolute atomic E-state index is 11.5. The lowest BCUT2D eigenvalue weighted by molar-refractivity contribution is 0.0510. The van der Waals surface area contributed by atoms with Crippen molar-refractivity contribution in [2.24, 2.45) is 11.8 Å². The van der Waals surface area contributed by atoms with Gasteiger partial charge in [0.15, 0.2) is 0 Å². The number of hydrogen-bond donors (Lipinski definition) is 2. The van der Waals surface area contributed by atoms with Crippen molar-refractivity contribution in [3.63, 3.8) is 0 Å². The Labute approximate surface area is 98.1 Å². The van der Waals surface area contributed by atoms with Gasteiger partial charge in [-0.25, -0.2) is 4.79 Å². The van der Waals surface area contributed by atoms with Crippen LogP contribution in [-0.4, -0.2) is 31.3 Å². The van der Waals surface area contributed by atoms with Crippen molar-refractivity contribution in [2.45, 2.75) is 39.7 Å². The average molecular weight is 228 g/mol. The highest BCUT2D eigenvalue weighted by Crippen LogP contribution is 2.17. The number of amides is 1. The first-order chi connectivity index (χ1) is 7.38. The lowest BCUT2D eigenvalue weighted by Crippen LogP contribution is -2.42. The fourth-order valence-corrected chi connectivity index (χ4v) is 1.90. The molecule has 1 saturated heterocycles. The zero-order valence-corrected chi connectivity index (χ0v) is 10.8. The Bertz CT molecular complexity index is 236. The number of carbonyl (C=O) groups is 1. The third-order valence-corrected chi connectivity index (χ3v) is 2.87. The van der Waals surface area contributed by atoms with E-state index >= 15 is 0 Å². The monoisotopic (exact) mass is 228 g/mol. The van der Waals surface area contributed by atoms with Crippen LogP contribution in [0.5, 0.6) is 0 Å². The van der Waals surface area contributed by atoms with Gasteiger partial charge in [0.05, 0.1) is 0 Å². The molecule has 0 aromatic heterocycles. The highest BCUT2D eigenvalue weighted by Gasteiger charge is 2.22. The van der Waals surface area contributed by atoms with E-state index in [-0.39, 0.29) is 6.09 Å². The molecule has 0 spiro atoms. The first-order valence-electron chi connectivity index (χ1n) is 6.06. The average Bonchev–Trinajstić information content (AvgIpc) is 2.14. The zero-order valence-electron chi connectivity index (χ0n) is 10.8. The number of carbonyl (C=O) groups excluding carboxylic acids is 1. The first kappa shape index (κ1) is 13.3. The minimum absolute atomic E-state index is 0.307. The zero-order chi connectivity index (χ0) is 12.2. The standard InChI is InChI=1S/C12H24N2O2/c1-9-7-13-6-5-10(9)8-14-11(15)16-12(2,3)4/h9-10,13H,5-8H2,1-4H3,(H,14,15)/t9-,10?/m1/s1. The van der Waals surface area contributed by atoms with Crippen molar-refractivity contribution in [1.29, 1.82) is 0 Å². The molecule has 2 atom stereocenters. The van der Waals surface area contributed by atoms with E-state index < -0.39 is 5.60 Å². The molecular weight excluding hydrogens is 204 g/mol. The number of alkyl carbamates (subject to hydrolysis) is 1. The summed E-state index contributed by atoms with van der Waals surface area (Å²) in [4.78, 5) is 11.5. The second-order valence-corrected chi connectivity index (χ2v) is 5.61. The number of piperidine rings is 1. The third-order valence-electron chi connectivity index (χ3n) is 2.87.